The van der Waals surface area contributed by atoms with Crippen LogP contribution in [0.25, 0.3) is 0 Å². The first-order chi connectivity index (χ1) is 8.20. The van der Waals surface area contributed by atoms with Gasteiger partial charge >= 0.3 is 0 Å². The monoisotopic (exact) mass is 228 g/mol. The lowest BCUT2D eigenvalue weighted by molar-refractivity contribution is 0.596. The molecule has 3 nitrogen and oxygen atoms in total. The molecule has 0 spiro atoms. The van der Waals surface area contributed by atoms with Crippen molar-refractivity contribution in [3.8, 4) is 6.07 Å². The van der Waals surface area contributed by atoms with Crippen LogP contribution in [0.15, 0.2) is 47.4 Å². The van der Waals surface area contributed by atoms with E-state index in [1.807, 2.05) is 6.07 Å². The van der Waals surface area contributed by atoms with Crippen LogP contribution < -0.4 is 5.56 Å². The van der Waals surface area contributed by atoms with Crippen LogP contribution in [0.4, 0.5) is 4.39 Å². The first-order valence-electron chi connectivity index (χ1n) is 5.05. The Balaban J connectivity index is 2.40. The Morgan fingerprint density at radius 2 is 2.00 bits per heavy atom. The number of hydrogen-bond donors (Lipinski definition) is 0. The molecule has 1 heterocycles. The lowest BCUT2D eigenvalue weighted by atomic mass is 10.2. The molecule has 0 bridgehead atoms. The molecule has 0 unspecified atom stereocenters. The quantitative estimate of drug-likeness (QED) is 0.788. The fourth-order valence-corrected chi connectivity index (χ4v) is 1.53. The molecule has 2 aromatic rings. The number of aromatic nitrogens is 1. The van der Waals surface area contributed by atoms with Crippen molar-refractivity contribution in [1.29, 1.82) is 5.26 Å². The largest absolute Gasteiger partial charge is 0.310 e. The Morgan fingerprint density at radius 1 is 1.24 bits per heavy atom. The molecule has 0 fully saturated rings. The maximum absolute atomic E-state index is 13.4. The van der Waals surface area contributed by atoms with Crippen LogP contribution in [0.5, 0.6) is 0 Å². The summed E-state index contributed by atoms with van der Waals surface area (Å²) >= 11 is 0. The van der Waals surface area contributed by atoms with E-state index in [1.165, 1.54) is 29.0 Å². The van der Waals surface area contributed by atoms with E-state index in [4.69, 9.17) is 5.26 Å². The van der Waals surface area contributed by atoms with E-state index in [0.29, 0.717) is 11.1 Å². The summed E-state index contributed by atoms with van der Waals surface area (Å²) in [4.78, 5) is 11.5. The normalized spacial score (nSPS) is 9.88. The average molecular weight is 228 g/mol. The van der Waals surface area contributed by atoms with Gasteiger partial charge in [0.1, 0.15) is 11.9 Å². The molecule has 1 aromatic carbocycles. The van der Waals surface area contributed by atoms with Gasteiger partial charge in [0.25, 0.3) is 5.56 Å². The molecule has 0 amide bonds. The van der Waals surface area contributed by atoms with Crippen LogP contribution in [-0.2, 0) is 6.54 Å². The van der Waals surface area contributed by atoms with Crippen LogP contribution >= 0.6 is 0 Å². The SMILES string of the molecule is N#Cc1ccc(=O)n(Cc2ccccc2F)c1. The minimum Gasteiger partial charge on any atom is -0.310 e. The molecule has 2 rings (SSSR count). The first-order valence-corrected chi connectivity index (χ1v) is 5.05. The number of hydrogen-bond acceptors (Lipinski definition) is 2. The van der Waals surface area contributed by atoms with Crippen LogP contribution in [-0.4, -0.2) is 4.57 Å². The van der Waals surface area contributed by atoms with Crippen molar-refractivity contribution in [2.24, 2.45) is 0 Å². The Hall–Kier alpha value is -2.41. The molecule has 0 aliphatic heterocycles. The van der Waals surface area contributed by atoms with Gasteiger partial charge in [0.2, 0.25) is 0 Å². The molecule has 0 saturated heterocycles. The molecular weight excluding hydrogens is 219 g/mol. The van der Waals surface area contributed by atoms with Gasteiger partial charge in [0.15, 0.2) is 0 Å². The van der Waals surface area contributed by atoms with Crippen molar-refractivity contribution < 1.29 is 4.39 Å². The van der Waals surface area contributed by atoms with Crippen molar-refractivity contribution in [2.45, 2.75) is 6.54 Å². The Morgan fingerprint density at radius 3 is 2.71 bits per heavy atom. The van der Waals surface area contributed by atoms with E-state index in [2.05, 4.69) is 0 Å². The standard InChI is InChI=1S/C13H9FN2O/c14-12-4-2-1-3-11(12)9-16-8-10(7-15)5-6-13(16)17/h1-6,8H,9H2. The lowest BCUT2D eigenvalue weighted by Crippen LogP contribution is -2.19. The van der Waals surface area contributed by atoms with E-state index in [-0.39, 0.29) is 17.9 Å². The Labute approximate surface area is 97.4 Å². The molecule has 4 heteroatoms. The van der Waals surface area contributed by atoms with E-state index >= 15 is 0 Å². The van der Waals surface area contributed by atoms with Gasteiger partial charge in [-0.2, -0.15) is 5.26 Å². The molecule has 0 N–H and O–H groups in total. The summed E-state index contributed by atoms with van der Waals surface area (Å²) in [6, 6.07) is 10.9. The number of halogens is 1. The van der Waals surface area contributed by atoms with Crippen molar-refractivity contribution in [3.05, 3.63) is 69.9 Å². The zero-order valence-corrected chi connectivity index (χ0v) is 8.93. The highest BCUT2D eigenvalue weighted by atomic mass is 19.1. The predicted molar refractivity (Wildman–Crippen MR) is 60.9 cm³/mol. The molecule has 84 valence electrons. The molecule has 0 radical (unpaired) electrons. The van der Waals surface area contributed by atoms with Crippen molar-refractivity contribution in [2.75, 3.05) is 0 Å². The summed E-state index contributed by atoms with van der Waals surface area (Å²) in [7, 11) is 0. The van der Waals surface area contributed by atoms with Gasteiger partial charge in [-0.3, -0.25) is 4.79 Å². The van der Waals surface area contributed by atoms with Crippen LogP contribution in [0.3, 0.4) is 0 Å². The molecule has 0 atom stereocenters. The third kappa shape index (κ3) is 2.40. The fraction of sp³-hybridized carbons (Fsp3) is 0.0769. The van der Waals surface area contributed by atoms with E-state index in [9.17, 15) is 9.18 Å². The van der Waals surface area contributed by atoms with Gasteiger partial charge < -0.3 is 4.57 Å². The van der Waals surface area contributed by atoms with E-state index in [1.54, 1.807) is 18.2 Å². The van der Waals surface area contributed by atoms with E-state index in [0.717, 1.165) is 0 Å². The summed E-state index contributed by atoms with van der Waals surface area (Å²) in [5, 5.41) is 8.73. The smallest absolute Gasteiger partial charge is 0.250 e. The number of rotatable bonds is 2. The van der Waals surface area contributed by atoms with Crippen molar-refractivity contribution >= 4 is 0 Å². The predicted octanol–water partition coefficient (Wildman–Crippen LogP) is 1.91. The van der Waals surface area contributed by atoms with Crippen LogP contribution in [0.1, 0.15) is 11.1 Å². The second kappa shape index (κ2) is 4.62. The fourth-order valence-electron chi connectivity index (χ4n) is 1.53. The summed E-state index contributed by atoms with van der Waals surface area (Å²) in [6.07, 6.45) is 1.43. The molecule has 17 heavy (non-hydrogen) atoms. The number of nitriles is 1. The average Bonchev–Trinajstić information content (AvgIpc) is 2.35. The second-order valence-electron chi connectivity index (χ2n) is 3.59. The molecule has 1 aromatic heterocycles. The lowest BCUT2D eigenvalue weighted by Gasteiger charge is -2.06. The van der Waals surface area contributed by atoms with Gasteiger partial charge in [0.05, 0.1) is 12.1 Å². The summed E-state index contributed by atoms with van der Waals surface area (Å²) in [6.45, 7) is 0.126. The molecule has 0 aliphatic carbocycles. The van der Waals surface area contributed by atoms with Crippen LogP contribution in [0.2, 0.25) is 0 Å². The highest BCUT2D eigenvalue weighted by molar-refractivity contribution is 5.26. The third-order valence-corrected chi connectivity index (χ3v) is 2.41. The summed E-state index contributed by atoms with van der Waals surface area (Å²) in [5.74, 6) is -0.359. The maximum Gasteiger partial charge on any atom is 0.250 e. The zero-order chi connectivity index (χ0) is 12.3. The maximum atomic E-state index is 13.4. The number of pyridine rings is 1. The topological polar surface area (TPSA) is 45.8 Å². The van der Waals surface area contributed by atoms with Crippen LogP contribution in [0, 0.1) is 17.1 Å². The minimum absolute atomic E-state index is 0.126. The van der Waals surface area contributed by atoms with Gasteiger partial charge in [-0.15, -0.1) is 0 Å². The van der Waals surface area contributed by atoms with Gasteiger partial charge in [0, 0.05) is 17.8 Å². The summed E-state index contributed by atoms with van der Waals surface area (Å²) < 4.78 is 14.7. The zero-order valence-electron chi connectivity index (χ0n) is 8.93. The molecule has 0 aliphatic rings. The highest BCUT2D eigenvalue weighted by Gasteiger charge is 2.03. The van der Waals surface area contributed by atoms with Crippen molar-refractivity contribution in [1.82, 2.24) is 4.57 Å². The second-order valence-corrected chi connectivity index (χ2v) is 3.59. The third-order valence-electron chi connectivity index (χ3n) is 2.41. The minimum atomic E-state index is -0.359. The van der Waals surface area contributed by atoms with Gasteiger partial charge in [-0.1, -0.05) is 18.2 Å². The summed E-state index contributed by atoms with van der Waals surface area (Å²) in [5.41, 5.74) is 0.540. The van der Waals surface area contributed by atoms with Crippen molar-refractivity contribution in [3.63, 3.8) is 0 Å². The molecule has 0 saturated carbocycles. The van der Waals surface area contributed by atoms with Gasteiger partial charge in [-0.05, 0) is 12.1 Å². The Kier molecular flexibility index (Phi) is 3.01. The van der Waals surface area contributed by atoms with E-state index < -0.39 is 0 Å². The highest BCUT2D eigenvalue weighted by Crippen LogP contribution is 2.07. The Bertz CT molecular complexity index is 640. The number of nitrogens with zero attached hydrogens (tertiary/aromatic N) is 2. The van der Waals surface area contributed by atoms with Gasteiger partial charge in [-0.25, -0.2) is 4.39 Å². The first kappa shape index (κ1) is 11.1. The number of benzene rings is 1. The molecular formula is C13H9FN2O.